The van der Waals surface area contributed by atoms with Crippen LogP contribution in [0.4, 0.5) is 10.1 Å². The first kappa shape index (κ1) is 17.7. The van der Waals surface area contributed by atoms with Crippen LogP contribution in [-0.4, -0.2) is 24.1 Å². The average molecular weight is 352 g/mol. The van der Waals surface area contributed by atoms with E-state index in [1.54, 1.807) is 6.07 Å². The van der Waals surface area contributed by atoms with Crippen LogP contribution in [0, 0.1) is 5.82 Å². The van der Waals surface area contributed by atoms with E-state index in [9.17, 15) is 4.39 Å². The van der Waals surface area contributed by atoms with Gasteiger partial charge in [0.2, 0.25) is 0 Å². The summed E-state index contributed by atoms with van der Waals surface area (Å²) in [4.78, 5) is 2.13. The van der Waals surface area contributed by atoms with Crippen LogP contribution in [0.1, 0.15) is 11.1 Å². The van der Waals surface area contributed by atoms with E-state index in [0.717, 1.165) is 12.1 Å². The molecule has 0 aliphatic carbocycles. The molecule has 2 rings (SSSR count). The van der Waals surface area contributed by atoms with Gasteiger partial charge in [-0.05, 0) is 55.6 Å². The fourth-order valence-corrected chi connectivity index (χ4v) is 2.43. The molecule has 0 saturated heterocycles. The normalized spacial score (nSPS) is 10.7. The minimum absolute atomic E-state index is 0.0641. The van der Waals surface area contributed by atoms with Gasteiger partial charge in [-0.15, -0.1) is 0 Å². The monoisotopic (exact) mass is 351 g/mol. The summed E-state index contributed by atoms with van der Waals surface area (Å²) >= 11 is 11.0. The number of hydrogen-bond donors (Lipinski definition) is 2. The van der Waals surface area contributed by atoms with Crippen molar-refractivity contribution in [3.8, 4) is 0 Å². The Morgan fingerprint density at radius 3 is 2.39 bits per heavy atom. The molecule has 2 aromatic rings. The molecule has 0 amide bonds. The molecule has 0 unspecified atom stereocenters. The Morgan fingerprint density at radius 1 is 1.13 bits per heavy atom. The van der Waals surface area contributed by atoms with Crippen LogP contribution in [-0.2, 0) is 13.1 Å². The van der Waals surface area contributed by atoms with Gasteiger partial charge >= 0.3 is 0 Å². The molecule has 0 radical (unpaired) electrons. The van der Waals surface area contributed by atoms with E-state index in [0.29, 0.717) is 17.3 Å². The quantitative estimate of drug-likeness (QED) is 0.795. The van der Waals surface area contributed by atoms with E-state index in [1.807, 2.05) is 14.1 Å². The summed E-state index contributed by atoms with van der Waals surface area (Å²) in [6.45, 7) is 1.53. The summed E-state index contributed by atoms with van der Waals surface area (Å²) < 4.78 is 13.1. The second kappa shape index (κ2) is 8.24. The van der Waals surface area contributed by atoms with E-state index in [2.05, 4.69) is 39.8 Å². The number of nitrogens with zero attached hydrogens (tertiary/aromatic N) is 1. The van der Waals surface area contributed by atoms with Gasteiger partial charge in [-0.2, -0.15) is 0 Å². The number of halogens is 2. The van der Waals surface area contributed by atoms with Crippen molar-refractivity contribution in [2.75, 3.05) is 19.4 Å². The molecule has 0 aliphatic rings. The first-order valence-corrected chi connectivity index (χ1v) is 7.95. The van der Waals surface area contributed by atoms with E-state index in [1.165, 1.54) is 17.7 Å². The highest BCUT2D eigenvalue weighted by atomic mass is 35.5. The van der Waals surface area contributed by atoms with Crippen molar-refractivity contribution in [2.24, 2.45) is 0 Å². The second-order valence-electron chi connectivity index (χ2n) is 5.49. The van der Waals surface area contributed by atoms with Gasteiger partial charge in [-0.25, -0.2) is 4.39 Å². The minimum atomic E-state index is -0.450. The van der Waals surface area contributed by atoms with Gasteiger partial charge < -0.3 is 15.5 Å². The van der Waals surface area contributed by atoms with Crippen LogP contribution < -0.4 is 10.6 Å². The Morgan fingerprint density at radius 2 is 1.78 bits per heavy atom. The van der Waals surface area contributed by atoms with Crippen molar-refractivity contribution in [1.82, 2.24) is 10.2 Å². The van der Waals surface area contributed by atoms with Crippen molar-refractivity contribution in [3.05, 3.63) is 64.4 Å². The van der Waals surface area contributed by atoms with Crippen molar-refractivity contribution in [1.29, 1.82) is 0 Å². The Balaban J connectivity index is 1.85. The Bertz CT molecular complexity index is 674. The summed E-state index contributed by atoms with van der Waals surface area (Å²) in [7, 11) is 4.09. The van der Waals surface area contributed by atoms with E-state index in [4.69, 9.17) is 23.8 Å². The van der Waals surface area contributed by atoms with Gasteiger partial charge in [0, 0.05) is 18.8 Å². The molecule has 0 aromatic heterocycles. The standard InChI is InChI=1S/C17H19ClFN3S/c1-22(2)11-13-5-3-12(4-6-13)10-20-17(23)21-14-7-8-16(19)15(18)9-14/h3-9H,10-11H2,1-2H3,(H2,20,21,23). The second-order valence-corrected chi connectivity index (χ2v) is 6.31. The third-order valence-electron chi connectivity index (χ3n) is 3.15. The first-order valence-electron chi connectivity index (χ1n) is 7.16. The molecule has 2 aromatic carbocycles. The van der Waals surface area contributed by atoms with Gasteiger partial charge in [0.05, 0.1) is 5.02 Å². The zero-order valence-corrected chi connectivity index (χ0v) is 14.6. The van der Waals surface area contributed by atoms with Crippen molar-refractivity contribution in [2.45, 2.75) is 13.1 Å². The van der Waals surface area contributed by atoms with Crippen molar-refractivity contribution < 1.29 is 4.39 Å². The molecular weight excluding hydrogens is 333 g/mol. The molecule has 23 heavy (non-hydrogen) atoms. The van der Waals surface area contributed by atoms with Gasteiger partial charge in [0.15, 0.2) is 5.11 Å². The third kappa shape index (κ3) is 5.78. The molecule has 0 atom stereocenters. The molecule has 0 heterocycles. The number of nitrogens with one attached hydrogen (secondary N) is 2. The maximum Gasteiger partial charge on any atom is 0.171 e. The lowest BCUT2D eigenvalue weighted by atomic mass is 10.1. The zero-order chi connectivity index (χ0) is 16.8. The first-order chi connectivity index (χ1) is 10.9. The number of thiocarbonyl (C=S) groups is 1. The minimum Gasteiger partial charge on any atom is -0.358 e. The number of rotatable bonds is 5. The summed E-state index contributed by atoms with van der Waals surface area (Å²) in [5, 5.41) is 6.62. The lowest BCUT2D eigenvalue weighted by Crippen LogP contribution is -2.27. The average Bonchev–Trinajstić information content (AvgIpc) is 2.50. The SMILES string of the molecule is CN(C)Cc1ccc(CNC(=S)Nc2ccc(F)c(Cl)c2)cc1. The largest absolute Gasteiger partial charge is 0.358 e. The molecule has 0 saturated carbocycles. The molecule has 6 heteroatoms. The zero-order valence-electron chi connectivity index (χ0n) is 13.1. The molecule has 0 bridgehead atoms. The lowest BCUT2D eigenvalue weighted by Gasteiger charge is -2.12. The predicted molar refractivity (Wildman–Crippen MR) is 98.3 cm³/mol. The third-order valence-corrected chi connectivity index (χ3v) is 3.69. The van der Waals surface area contributed by atoms with Crippen LogP contribution in [0.15, 0.2) is 42.5 Å². The summed E-state index contributed by atoms with van der Waals surface area (Å²) in [5.41, 5.74) is 3.05. The van der Waals surface area contributed by atoms with E-state index >= 15 is 0 Å². The molecule has 2 N–H and O–H groups in total. The lowest BCUT2D eigenvalue weighted by molar-refractivity contribution is 0.402. The van der Waals surface area contributed by atoms with Gasteiger partial charge in [-0.3, -0.25) is 0 Å². The van der Waals surface area contributed by atoms with Gasteiger partial charge in [-0.1, -0.05) is 35.9 Å². The smallest absolute Gasteiger partial charge is 0.171 e. The number of hydrogen-bond acceptors (Lipinski definition) is 2. The number of anilines is 1. The fraction of sp³-hybridized carbons (Fsp3) is 0.235. The Hall–Kier alpha value is -1.69. The van der Waals surface area contributed by atoms with Crippen LogP contribution in [0.25, 0.3) is 0 Å². The molecule has 3 nitrogen and oxygen atoms in total. The van der Waals surface area contributed by atoms with Crippen LogP contribution in [0.2, 0.25) is 5.02 Å². The Kier molecular flexibility index (Phi) is 6.33. The van der Waals surface area contributed by atoms with Crippen molar-refractivity contribution >= 4 is 34.6 Å². The highest BCUT2D eigenvalue weighted by Gasteiger charge is 2.03. The van der Waals surface area contributed by atoms with E-state index < -0.39 is 5.82 Å². The molecular formula is C17H19ClFN3S. The molecule has 122 valence electrons. The summed E-state index contributed by atoms with van der Waals surface area (Å²) in [5.74, 6) is -0.450. The highest BCUT2D eigenvalue weighted by Crippen LogP contribution is 2.19. The molecule has 0 aliphatic heterocycles. The van der Waals surface area contributed by atoms with Crippen LogP contribution in [0.5, 0.6) is 0 Å². The Labute approximate surface area is 146 Å². The highest BCUT2D eigenvalue weighted by molar-refractivity contribution is 7.80. The van der Waals surface area contributed by atoms with Gasteiger partial charge in [0.25, 0.3) is 0 Å². The topological polar surface area (TPSA) is 27.3 Å². The van der Waals surface area contributed by atoms with E-state index in [-0.39, 0.29) is 5.02 Å². The van der Waals surface area contributed by atoms with Crippen LogP contribution in [0.3, 0.4) is 0 Å². The fourth-order valence-electron chi connectivity index (χ4n) is 2.06. The van der Waals surface area contributed by atoms with Gasteiger partial charge in [0.1, 0.15) is 5.82 Å². The maximum absolute atomic E-state index is 13.1. The number of benzene rings is 2. The predicted octanol–water partition coefficient (Wildman–Crippen LogP) is 4.03. The molecule has 0 spiro atoms. The van der Waals surface area contributed by atoms with Crippen LogP contribution >= 0.6 is 23.8 Å². The summed E-state index contributed by atoms with van der Waals surface area (Å²) in [6.07, 6.45) is 0. The summed E-state index contributed by atoms with van der Waals surface area (Å²) in [6, 6.07) is 12.7. The molecule has 0 fully saturated rings. The maximum atomic E-state index is 13.1. The van der Waals surface area contributed by atoms with Crippen molar-refractivity contribution in [3.63, 3.8) is 0 Å².